The molecule has 1 heterocycles. The largest absolute Gasteiger partial charge is 0.480 e. The van der Waals surface area contributed by atoms with Gasteiger partial charge in [0.25, 0.3) is 5.69 Å². The molecule has 0 radical (unpaired) electrons. The van der Waals surface area contributed by atoms with E-state index >= 15 is 0 Å². The third-order valence-corrected chi connectivity index (χ3v) is 4.41. The number of nitro groups is 1. The summed E-state index contributed by atoms with van der Waals surface area (Å²) in [4.78, 5) is 44.5. The van der Waals surface area contributed by atoms with Crippen LogP contribution in [0.3, 0.4) is 0 Å². The number of anilines is 1. The Labute approximate surface area is 134 Å². The molecule has 1 aromatic carbocycles. The summed E-state index contributed by atoms with van der Waals surface area (Å²) in [5.74, 6) is -1.84. The molecule has 23 heavy (non-hydrogen) atoms. The molecule has 1 aromatic rings. The maximum Gasteiger partial charge on any atom is 0.327 e. The number of hydrogen-bond donors (Lipinski definition) is 3. The van der Waals surface area contributed by atoms with Crippen LogP contribution in [0.15, 0.2) is 24.3 Å². The Bertz CT molecular complexity index is 648. The van der Waals surface area contributed by atoms with Gasteiger partial charge in [-0.05, 0) is 12.1 Å². The molecule has 1 saturated heterocycles. The van der Waals surface area contributed by atoms with Crippen molar-refractivity contribution in [1.29, 1.82) is 0 Å². The molecule has 2 atom stereocenters. The van der Waals surface area contributed by atoms with E-state index < -0.39 is 34.0 Å². The van der Waals surface area contributed by atoms with Crippen molar-refractivity contribution in [2.75, 3.05) is 11.1 Å². The average Bonchev–Trinajstić information content (AvgIpc) is 2.49. The number of carboxylic acids is 1. The van der Waals surface area contributed by atoms with Crippen molar-refractivity contribution in [2.45, 2.75) is 17.7 Å². The normalized spacial score (nSPS) is 20.4. The fourth-order valence-corrected chi connectivity index (χ4v) is 3.07. The standard InChI is InChI=1S/C13H13N3O6S/c17-11(14-7-1-3-8(4-2-7)16(21)22)5-10-12(18)15-9(6-23-10)13(19)20/h1-4,9-10H,5-6H2,(H,14,17)(H,15,18)(H,19,20)/t9-,10-/m1/s1. The van der Waals surface area contributed by atoms with Crippen LogP contribution in [-0.2, 0) is 14.4 Å². The Balaban J connectivity index is 1.88. The first kappa shape index (κ1) is 16.7. The Morgan fingerprint density at radius 1 is 1.39 bits per heavy atom. The van der Waals surface area contributed by atoms with E-state index in [2.05, 4.69) is 10.6 Å². The lowest BCUT2D eigenvalue weighted by Gasteiger charge is -2.25. The summed E-state index contributed by atoms with van der Waals surface area (Å²) in [5, 5.41) is 23.6. The van der Waals surface area contributed by atoms with E-state index in [1.807, 2.05) is 0 Å². The summed E-state index contributed by atoms with van der Waals surface area (Å²) >= 11 is 1.11. The highest BCUT2D eigenvalue weighted by atomic mass is 32.2. The number of nitrogens with zero attached hydrogens (tertiary/aromatic N) is 1. The van der Waals surface area contributed by atoms with Crippen molar-refractivity contribution in [3.8, 4) is 0 Å². The lowest BCUT2D eigenvalue weighted by atomic mass is 10.2. The van der Waals surface area contributed by atoms with Crippen molar-refractivity contribution >= 4 is 40.9 Å². The molecule has 9 nitrogen and oxygen atoms in total. The number of carbonyl (C=O) groups is 3. The Kier molecular flexibility index (Phi) is 5.16. The third kappa shape index (κ3) is 4.42. The highest BCUT2D eigenvalue weighted by molar-refractivity contribution is 8.00. The molecule has 2 amide bonds. The summed E-state index contributed by atoms with van der Waals surface area (Å²) in [6, 6.07) is 4.36. The smallest absolute Gasteiger partial charge is 0.327 e. The summed E-state index contributed by atoms with van der Waals surface area (Å²) in [5.41, 5.74) is 0.287. The number of non-ortho nitro benzene ring substituents is 1. The van der Waals surface area contributed by atoms with E-state index in [0.717, 1.165) is 11.8 Å². The van der Waals surface area contributed by atoms with Crippen molar-refractivity contribution < 1.29 is 24.4 Å². The summed E-state index contributed by atoms with van der Waals surface area (Å²) < 4.78 is 0. The molecule has 1 fully saturated rings. The highest BCUT2D eigenvalue weighted by Gasteiger charge is 2.33. The van der Waals surface area contributed by atoms with Crippen LogP contribution in [0.1, 0.15) is 6.42 Å². The van der Waals surface area contributed by atoms with Gasteiger partial charge in [-0.15, -0.1) is 11.8 Å². The van der Waals surface area contributed by atoms with Gasteiger partial charge in [-0.3, -0.25) is 19.7 Å². The first-order valence-electron chi connectivity index (χ1n) is 6.56. The average molecular weight is 339 g/mol. The first-order chi connectivity index (χ1) is 10.9. The molecular formula is C13H13N3O6S. The quantitative estimate of drug-likeness (QED) is 0.527. The molecule has 0 unspecified atom stereocenters. The molecular weight excluding hydrogens is 326 g/mol. The topological polar surface area (TPSA) is 139 Å². The summed E-state index contributed by atoms with van der Waals surface area (Å²) in [6.07, 6.45) is -0.111. The van der Waals surface area contributed by atoms with Crippen LogP contribution < -0.4 is 10.6 Å². The Hall–Kier alpha value is -2.62. The number of carboxylic acid groups (broad SMARTS) is 1. The predicted molar refractivity (Wildman–Crippen MR) is 82.2 cm³/mol. The molecule has 0 saturated carbocycles. The number of nitro benzene ring substituents is 1. The van der Waals surface area contributed by atoms with Crippen molar-refractivity contribution in [2.24, 2.45) is 0 Å². The molecule has 3 N–H and O–H groups in total. The third-order valence-electron chi connectivity index (χ3n) is 3.10. The van der Waals surface area contributed by atoms with Crippen LogP contribution >= 0.6 is 11.8 Å². The molecule has 2 rings (SSSR count). The van der Waals surface area contributed by atoms with Crippen molar-refractivity contribution in [1.82, 2.24) is 5.32 Å². The molecule has 0 aromatic heterocycles. The van der Waals surface area contributed by atoms with E-state index in [1.165, 1.54) is 24.3 Å². The number of nitrogens with one attached hydrogen (secondary N) is 2. The van der Waals surface area contributed by atoms with Crippen LogP contribution in [0.4, 0.5) is 11.4 Å². The van der Waals surface area contributed by atoms with Gasteiger partial charge in [-0.2, -0.15) is 0 Å². The van der Waals surface area contributed by atoms with Gasteiger partial charge >= 0.3 is 5.97 Å². The SMILES string of the molecule is O=C(C[C@H]1SC[C@H](C(=O)O)NC1=O)Nc1ccc([N+](=O)[O-])cc1. The predicted octanol–water partition coefficient (Wildman–Crippen LogP) is 0.608. The molecule has 1 aliphatic heterocycles. The second-order valence-electron chi connectivity index (χ2n) is 4.78. The second kappa shape index (κ2) is 7.09. The van der Waals surface area contributed by atoms with E-state index in [-0.39, 0.29) is 17.9 Å². The van der Waals surface area contributed by atoms with Crippen LogP contribution in [0.2, 0.25) is 0 Å². The van der Waals surface area contributed by atoms with E-state index in [4.69, 9.17) is 5.11 Å². The number of carbonyl (C=O) groups excluding carboxylic acids is 2. The van der Waals surface area contributed by atoms with Crippen LogP contribution in [-0.4, -0.2) is 44.9 Å². The van der Waals surface area contributed by atoms with Gasteiger partial charge < -0.3 is 15.7 Å². The summed E-state index contributed by atoms with van der Waals surface area (Å²) in [6.45, 7) is 0. The van der Waals surface area contributed by atoms with Gasteiger partial charge in [-0.25, -0.2) is 4.79 Å². The molecule has 1 aliphatic rings. The number of amides is 2. The van der Waals surface area contributed by atoms with Gasteiger partial charge in [0.1, 0.15) is 6.04 Å². The van der Waals surface area contributed by atoms with Gasteiger partial charge in [0, 0.05) is 30.0 Å². The van der Waals surface area contributed by atoms with Crippen molar-refractivity contribution in [3.05, 3.63) is 34.4 Å². The zero-order valence-corrected chi connectivity index (χ0v) is 12.5. The Morgan fingerprint density at radius 2 is 2.04 bits per heavy atom. The van der Waals surface area contributed by atoms with Gasteiger partial charge in [0.05, 0.1) is 10.2 Å². The lowest BCUT2D eigenvalue weighted by Crippen LogP contribution is -2.51. The van der Waals surface area contributed by atoms with E-state index in [1.54, 1.807) is 0 Å². The monoisotopic (exact) mass is 339 g/mol. The number of rotatable bonds is 5. The highest BCUT2D eigenvalue weighted by Crippen LogP contribution is 2.22. The van der Waals surface area contributed by atoms with Gasteiger partial charge in [0.2, 0.25) is 11.8 Å². The number of benzene rings is 1. The lowest BCUT2D eigenvalue weighted by molar-refractivity contribution is -0.384. The fraction of sp³-hybridized carbons (Fsp3) is 0.308. The van der Waals surface area contributed by atoms with Crippen LogP contribution in [0.5, 0.6) is 0 Å². The second-order valence-corrected chi connectivity index (χ2v) is 6.01. The zero-order valence-electron chi connectivity index (χ0n) is 11.7. The Morgan fingerprint density at radius 3 is 2.57 bits per heavy atom. The summed E-state index contributed by atoms with van der Waals surface area (Å²) in [7, 11) is 0. The minimum Gasteiger partial charge on any atom is -0.480 e. The fourth-order valence-electron chi connectivity index (χ4n) is 1.93. The van der Waals surface area contributed by atoms with Crippen LogP contribution in [0, 0.1) is 10.1 Å². The maximum atomic E-state index is 11.9. The first-order valence-corrected chi connectivity index (χ1v) is 7.61. The maximum absolute atomic E-state index is 11.9. The number of aliphatic carboxylic acids is 1. The molecule has 0 aliphatic carbocycles. The van der Waals surface area contributed by atoms with E-state index in [0.29, 0.717) is 5.69 Å². The molecule has 10 heteroatoms. The van der Waals surface area contributed by atoms with E-state index in [9.17, 15) is 24.5 Å². The molecule has 0 spiro atoms. The molecule has 122 valence electrons. The number of hydrogen-bond acceptors (Lipinski definition) is 6. The van der Waals surface area contributed by atoms with Gasteiger partial charge in [0.15, 0.2) is 0 Å². The molecule has 0 bridgehead atoms. The van der Waals surface area contributed by atoms with Crippen molar-refractivity contribution in [3.63, 3.8) is 0 Å². The minimum absolute atomic E-state index is 0.0927. The van der Waals surface area contributed by atoms with Crippen LogP contribution in [0.25, 0.3) is 0 Å². The minimum atomic E-state index is -1.11. The number of thioether (sulfide) groups is 1. The zero-order chi connectivity index (χ0) is 17.0. The van der Waals surface area contributed by atoms with Gasteiger partial charge in [-0.1, -0.05) is 0 Å².